The van der Waals surface area contributed by atoms with Crippen LogP contribution in [0.3, 0.4) is 0 Å². The molecule has 2 aromatic carbocycles. The Morgan fingerprint density at radius 3 is 2.00 bits per heavy atom. The van der Waals surface area contributed by atoms with Crippen LogP contribution in [0.25, 0.3) is 11.1 Å². The van der Waals surface area contributed by atoms with Crippen molar-refractivity contribution in [1.29, 1.82) is 0 Å². The van der Waals surface area contributed by atoms with Crippen LogP contribution in [-0.2, 0) is 44.7 Å². The van der Waals surface area contributed by atoms with E-state index in [1.807, 2.05) is 0 Å². The highest BCUT2D eigenvalue weighted by atomic mass is 16.7. The maximum absolute atomic E-state index is 14.3. The third-order valence-electron chi connectivity index (χ3n) is 13.6. The van der Waals surface area contributed by atoms with Crippen LogP contribution < -0.4 is 26.0 Å². The van der Waals surface area contributed by atoms with Crippen molar-refractivity contribution in [3.63, 3.8) is 0 Å². The normalized spacial score (nSPS) is 22.9. The number of likely N-dealkylation sites (N-methyl/N-ethyl adjacent to an activating group) is 2. The van der Waals surface area contributed by atoms with Crippen LogP contribution in [0, 0.1) is 0 Å². The summed E-state index contributed by atoms with van der Waals surface area (Å²) in [4.78, 5) is 95.6. The summed E-state index contributed by atoms with van der Waals surface area (Å²) in [6.45, 7) is 4.89. The first-order valence-electron chi connectivity index (χ1n) is 25.6. The first-order chi connectivity index (χ1) is 34.7. The van der Waals surface area contributed by atoms with Crippen molar-refractivity contribution >= 4 is 41.4 Å². The minimum absolute atomic E-state index is 0.0272. The van der Waals surface area contributed by atoms with Gasteiger partial charge in [0.15, 0.2) is 0 Å². The summed E-state index contributed by atoms with van der Waals surface area (Å²) in [6, 6.07) is 1.28. The van der Waals surface area contributed by atoms with Crippen molar-refractivity contribution < 1.29 is 73.7 Å². The van der Waals surface area contributed by atoms with E-state index in [1.54, 1.807) is 0 Å². The van der Waals surface area contributed by atoms with Gasteiger partial charge in [0.05, 0.1) is 19.3 Å². The Morgan fingerprint density at radius 2 is 1.40 bits per heavy atom. The minimum atomic E-state index is -1.75. The predicted molar refractivity (Wildman–Crippen MR) is 267 cm³/mol. The van der Waals surface area contributed by atoms with Crippen LogP contribution in [0.2, 0.25) is 0 Å². The summed E-state index contributed by atoms with van der Waals surface area (Å²) in [5, 5.41) is 72.9. The Morgan fingerprint density at radius 1 is 0.781 bits per heavy atom. The molecular weight excluding hydrogens is 949 g/mol. The van der Waals surface area contributed by atoms with E-state index in [-0.39, 0.29) is 46.9 Å². The van der Waals surface area contributed by atoms with Crippen LogP contribution in [0.1, 0.15) is 135 Å². The lowest BCUT2D eigenvalue weighted by molar-refractivity contribution is -0.268. The number of unbranched alkanes of at least 4 members (excludes halogenated alkanes) is 12. The second-order valence-electron chi connectivity index (χ2n) is 19.3. The van der Waals surface area contributed by atoms with Gasteiger partial charge < -0.3 is 71.2 Å². The second kappa shape index (κ2) is 29.1. The van der Waals surface area contributed by atoms with Gasteiger partial charge in [-0.25, -0.2) is 4.79 Å². The van der Waals surface area contributed by atoms with Crippen molar-refractivity contribution in [3.8, 4) is 22.6 Å². The zero-order valence-corrected chi connectivity index (χ0v) is 43.0. The van der Waals surface area contributed by atoms with Gasteiger partial charge in [-0.05, 0) is 62.6 Å². The molecule has 2 aliphatic heterocycles. The fourth-order valence-electron chi connectivity index (χ4n) is 8.82. The van der Waals surface area contributed by atoms with Gasteiger partial charge in [0.25, 0.3) is 0 Å². The fraction of sp³-hybridized carbons (Fsp3) is 0.635. The first kappa shape index (κ1) is 59.7. The van der Waals surface area contributed by atoms with E-state index in [9.17, 15) is 64.2 Å². The number of phenols is 1. The number of carboxylic acids is 1. The molecule has 21 heteroatoms. The van der Waals surface area contributed by atoms with Crippen LogP contribution in [0.4, 0.5) is 0 Å². The second-order valence-corrected chi connectivity index (χ2v) is 19.3. The number of aliphatic hydroxyl groups is 4. The standard InChI is InChI=1S/C52H78N6O15/c1-7-8-9-10-11-12-13-14-15-16-17-18-19-20-41(61)57(5)38(29-59)49(68)54-30(2)47(66)53-28-42(62)58(6)43-34-22-24-40(73-52-46(65)45(64)44(63)32(4)72-52)36(27-34)35-25-33(21-23-39(35)60)26-37(51(70)71)56-48(67)31(3)55-50(43)69/h21-25,27,30-32,37-38,43-46,52,59-60,63-65H,7-20,26,28-29H2,1-6H3,(H,53,66)(H,54,68)(H,55,69)(H,56,67)(H,70,71)/t30-,31+,32+,37+,38-,43+,44+,45-,46-,52+/m1/s1. The lowest BCUT2D eigenvalue weighted by Crippen LogP contribution is -2.58. The van der Waals surface area contributed by atoms with Gasteiger partial charge in [-0.1, -0.05) is 96.1 Å². The van der Waals surface area contributed by atoms with Gasteiger partial charge in [0, 0.05) is 38.1 Å². The number of hydrogen-bond donors (Lipinski definition) is 10. The molecule has 406 valence electrons. The number of amides is 6. The average molecular weight is 1030 g/mol. The van der Waals surface area contributed by atoms with Crippen LogP contribution in [-0.4, -0.2) is 164 Å². The summed E-state index contributed by atoms with van der Waals surface area (Å²) in [5.74, 6) is -6.41. The molecule has 21 nitrogen and oxygen atoms in total. The highest BCUT2D eigenvalue weighted by molar-refractivity contribution is 5.96. The third kappa shape index (κ3) is 17.1. The molecule has 0 spiro atoms. The lowest BCUT2D eigenvalue weighted by Gasteiger charge is -2.39. The lowest BCUT2D eigenvalue weighted by atomic mass is 9.93. The number of ether oxygens (including phenoxy) is 2. The number of aromatic hydroxyl groups is 1. The Kier molecular flexibility index (Phi) is 23.8. The van der Waals surface area contributed by atoms with E-state index >= 15 is 0 Å². The molecule has 6 amide bonds. The van der Waals surface area contributed by atoms with Gasteiger partial charge in [-0.2, -0.15) is 0 Å². The molecule has 0 aromatic heterocycles. The Hall–Kier alpha value is -5.87. The minimum Gasteiger partial charge on any atom is -0.507 e. The molecule has 2 aromatic rings. The molecule has 0 radical (unpaired) electrons. The fourth-order valence-corrected chi connectivity index (χ4v) is 8.82. The first-order valence-corrected chi connectivity index (χ1v) is 25.6. The highest BCUT2D eigenvalue weighted by Gasteiger charge is 2.44. The van der Waals surface area contributed by atoms with Gasteiger partial charge in [-0.3, -0.25) is 28.8 Å². The number of nitrogens with zero attached hydrogens (tertiary/aromatic N) is 2. The maximum Gasteiger partial charge on any atom is 0.326 e. The molecule has 1 fully saturated rings. The van der Waals surface area contributed by atoms with E-state index in [0.29, 0.717) is 12.0 Å². The summed E-state index contributed by atoms with van der Waals surface area (Å²) in [6.07, 6.45) is 7.40. The topological polar surface area (TPSA) is 314 Å². The SMILES string of the molecule is CCCCCCCCCCCCCCCC(=O)N(C)[C@H](CO)C(=O)N[C@H](C)C(=O)NCC(=O)N(C)[C@@H]1C(=O)N[C@@H](C)C(=O)N[C@H](C(=O)O)Cc2ccc(O)c(c2)-c2cc1ccc2O[C@@H]1O[C@@H](C)[C@H](O)[C@@H](O)[C@H]1O. The molecule has 4 bridgehead atoms. The molecule has 10 N–H and O–H groups in total. The maximum atomic E-state index is 14.3. The third-order valence-corrected chi connectivity index (χ3v) is 13.6. The summed E-state index contributed by atoms with van der Waals surface area (Å²) >= 11 is 0. The van der Waals surface area contributed by atoms with Crippen molar-refractivity contribution in [3.05, 3.63) is 47.5 Å². The average Bonchev–Trinajstić information content (AvgIpc) is 3.35. The zero-order valence-electron chi connectivity index (χ0n) is 43.0. The molecule has 4 rings (SSSR count). The number of carbonyl (C=O) groups is 7. The largest absolute Gasteiger partial charge is 0.507 e. The smallest absolute Gasteiger partial charge is 0.326 e. The van der Waals surface area contributed by atoms with Crippen molar-refractivity contribution in [1.82, 2.24) is 31.1 Å². The van der Waals surface area contributed by atoms with Crippen LogP contribution in [0.5, 0.6) is 11.5 Å². The van der Waals surface area contributed by atoms with Gasteiger partial charge in [0.1, 0.15) is 60.0 Å². The number of aliphatic hydroxyl groups excluding tert-OH is 4. The number of benzene rings is 2. The molecular formula is C52H78N6O15. The van der Waals surface area contributed by atoms with E-state index in [0.717, 1.165) is 35.5 Å². The van der Waals surface area contributed by atoms with Crippen molar-refractivity contribution in [2.24, 2.45) is 0 Å². The number of aliphatic carboxylic acids is 1. The van der Waals surface area contributed by atoms with E-state index < -0.39 is 110 Å². The number of hydrogen-bond acceptors (Lipinski definition) is 14. The number of carboxylic acid groups (broad SMARTS) is 1. The zero-order chi connectivity index (χ0) is 53.9. The Labute approximate surface area is 427 Å². The number of carbonyl (C=O) groups excluding carboxylic acids is 6. The highest BCUT2D eigenvalue weighted by Crippen LogP contribution is 2.41. The molecule has 73 heavy (non-hydrogen) atoms. The van der Waals surface area contributed by atoms with Crippen LogP contribution in [0.15, 0.2) is 36.4 Å². The molecule has 2 aliphatic rings. The number of phenolic OH excluding ortho intramolecular Hbond substituents is 1. The van der Waals surface area contributed by atoms with Gasteiger partial charge >= 0.3 is 5.97 Å². The Bertz CT molecular complexity index is 2190. The molecule has 0 unspecified atom stereocenters. The van der Waals surface area contributed by atoms with Crippen molar-refractivity contribution in [2.75, 3.05) is 27.2 Å². The summed E-state index contributed by atoms with van der Waals surface area (Å²) in [7, 11) is 2.65. The number of rotatable bonds is 25. The number of nitrogens with one attached hydrogen (secondary N) is 4. The van der Waals surface area contributed by atoms with E-state index in [1.165, 1.54) is 123 Å². The molecule has 1 saturated heterocycles. The summed E-state index contributed by atoms with van der Waals surface area (Å²) in [5.41, 5.74) is 0.493. The van der Waals surface area contributed by atoms with E-state index in [4.69, 9.17) is 9.47 Å². The van der Waals surface area contributed by atoms with E-state index in [2.05, 4.69) is 28.2 Å². The van der Waals surface area contributed by atoms with Crippen molar-refractivity contribution in [2.45, 2.75) is 185 Å². The quantitative estimate of drug-likeness (QED) is 0.0639. The van der Waals surface area contributed by atoms with Crippen LogP contribution >= 0.6 is 0 Å². The molecule has 10 atom stereocenters. The molecule has 2 heterocycles. The van der Waals surface area contributed by atoms with Gasteiger partial charge in [0.2, 0.25) is 41.7 Å². The monoisotopic (exact) mass is 1030 g/mol. The van der Waals surface area contributed by atoms with Gasteiger partial charge in [-0.15, -0.1) is 0 Å². The molecule has 0 saturated carbocycles. The summed E-state index contributed by atoms with van der Waals surface area (Å²) < 4.78 is 11.7. The molecule has 0 aliphatic carbocycles. The Balaban J connectivity index is 1.46. The number of fused-ring (bicyclic) bond motifs is 5. The predicted octanol–water partition coefficient (Wildman–Crippen LogP) is 2.32.